The maximum atomic E-state index is 11.5. The molecule has 1 heterocycles. The van der Waals surface area contributed by atoms with Gasteiger partial charge in [-0.25, -0.2) is 0 Å². The Hall–Kier alpha value is -0.570. The van der Waals surface area contributed by atoms with Crippen LogP contribution in [-0.2, 0) is 4.79 Å². The molecule has 0 bridgehead atoms. The number of hydrogen-bond donors (Lipinski definition) is 2. The van der Waals surface area contributed by atoms with Crippen LogP contribution in [0.25, 0.3) is 0 Å². The second-order valence-electron chi connectivity index (χ2n) is 5.70. The maximum absolute atomic E-state index is 11.5. The first kappa shape index (κ1) is 12.9. The zero-order valence-corrected chi connectivity index (χ0v) is 11.0. The molecular weight excluding hydrogens is 212 g/mol. The lowest BCUT2D eigenvalue weighted by Crippen LogP contribution is -2.42. The lowest BCUT2D eigenvalue weighted by molar-refractivity contribution is -0.121. The Labute approximate surface area is 105 Å². The van der Waals surface area contributed by atoms with E-state index in [0.717, 1.165) is 25.3 Å². The van der Waals surface area contributed by atoms with E-state index < -0.39 is 0 Å². The molecule has 3 nitrogen and oxygen atoms in total. The van der Waals surface area contributed by atoms with Gasteiger partial charge in [-0.3, -0.25) is 4.79 Å². The zero-order valence-electron chi connectivity index (χ0n) is 11.0. The van der Waals surface area contributed by atoms with E-state index >= 15 is 0 Å². The number of amides is 1. The topological polar surface area (TPSA) is 41.1 Å². The predicted molar refractivity (Wildman–Crippen MR) is 69.8 cm³/mol. The Balaban J connectivity index is 1.80. The number of carbonyl (C=O) groups excluding carboxylic acids is 1. The monoisotopic (exact) mass is 238 g/mol. The number of nitrogens with one attached hydrogen (secondary N) is 2. The third-order valence-corrected chi connectivity index (χ3v) is 4.31. The van der Waals surface area contributed by atoms with Crippen molar-refractivity contribution in [1.82, 2.24) is 10.6 Å². The molecular formula is C14H26N2O. The van der Waals surface area contributed by atoms with Gasteiger partial charge in [0.05, 0.1) is 0 Å². The molecule has 1 amide bonds. The first-order chi connectivity index (χ1) is 8.28. The normalized spacial score (nSPS) is 35.1. The summed E-state index contributed by atoms with van der Waals surface area (Å²) in [6.45, 7) is 3.16. The van der Waals surface area contributed by atoms with Crippen molar-refractivity contribution < 1.29 is 4.79 Å². The summed E-state index contributed by atoms with van der Waals surface area (Å²) in [5.41, 5.74) is 0. The van der Waals surface area contributed by atoms with Gasteiger partial charge in [-0.05, 0) is 31.6 Å². The molecule has 2 fully saturated rings. The molecule has 1 aliphatic carbocycles. The summed E-state index contributed by atoms with van der Waals surface area (Å²) in [6, 6.07) is 1.07. The van der Waals surface area contributed by atoms with Gasteiger partial charge in [0, 0.05) is 25.0 Å². The van der Waals surface area contributed by atoms with Crippen molar-refractivity contribution in [2.75, 3.05) is 6.54 Å². The average Bonchev–Trinajstić information content (AvgIpc) is 2.54. The zero-order chi connectivity index (χ0) is 12.1. The maximum Gasteiger partial charge on any atom is 0.221 e. The van der Waals surface area contributed by atoms with Crippen LogP contribution in [0.15, 0.2) is 0 Å². The first-order valence-corrected chi connectivity index (χ1v) is 7.30. The third-order valence-electron chi connectivity index (χ3n) is 4.31. The number of hydrogen-bond acceptors (Lipinski definition) is 2. The predicted octanol–water partition coefficient (Wildman–Crippen LogP) is 2.21. The molecule has 0 aromatic rings. The highest BCUT2D eigenvalue weighted by atomic mass is 16.1. The Morgan fingerprint density at radius 2 is 2.06 bits per heavy atom. The van der Waals surface area contributed by atoms with Gasteiger partial charge in [0.15, 0.2) is 0 Å². The van der Waals surface area contributed by atoms with Gasteiger partial charge in [-0.2, -0.15) is 0 Å². The molecule has 1 aliphatic heterocycles. The number of rotatable bonds is 3. The molecule has 1 saturated heterocycles. The van der Waals surface area contributed by atoms with Crippen molar-refractivity contribution >= 4 is 5.91 Å². The molecule has 0 aromatic carbocycles. The van der Waals surface area contributed by atoms with Crippen molar-refractivity contribution in [3.8, 4) is 0 Å². The molecule has 98 valence electrons. The Morgan fingerprint density at radius 1 is 1.24 bits per heavy atom. The Morgan fingerprint density at radius 3 is 2.88 bits per heavy atom. The first-order valence-electron chi connectivity index (χ1n) is 7.30. The molecule has 0 radical (unpaired) electrons. The quantitative estimate of drug-likeness (QED) is 0.791. The van der Waals surface area contributed by atoms with Gasteiger partial charge in [0.2, 0.25) is 5.91 Å². The van der Waals surface area contributed by atoms with Gasteiger partial charge in [-0.15, -0.1) is 0 Å². The highest BCUT2D eigenvalue weighted by Crippen LogP contribution is 2.27. The molecule has 2 aliphatic rings. The van der Waals surface area contributed by atoms with Crippen LogP contribution in [0.4, 0.5) is 0 Å². The fourth-order valence-corrected chi connectivity index (χ4v) is 3.26. The summed E-state index contributed by atoms with van der Waals surface area (Å²) in [5.74, 6) is 1.13. The van der Waals surface area contributed by atoms with Crippen LogP contribution in [0, 0.1) is 5.92 Å². The van der Waals surface area contributed by atoms with Gasteiger partial charge in [0.1, 0.15) is 0 Å². The highest BCUT2D eigenvalue weighted by Gasteiger charge is 2.24. The van der Waals surface area contributed by atoms with Crippen molar-refractivity contribution in [3.05, 3.63) is 0 Å². The Kier molecular flexibility index (Phi) is 4.84. The average molecular weight is 238 g/mol. The molecule has 0 spiro atoms. The molecule has 3 unspecified atom stereocenters. The van der Waals surface area contributed by atoms with Crippen LogP contribution < -0.4 is 10.6 Å². The van der Waals surface area contributed by atoms with Crippen molar-refractivity contribution in [2.45, 2.75) is 70.4 Å². The largest absolute Gasteiger partial charge is 0.356 e. The Bertz CT molecular complexity index is 255. The summed E-state index contributed by atoms with van der Waals surface area (Å²) in [6.07, 6.45) is 9.62. The molecule has 0 aromatic heterocycles. The summed E-state index contributed by atoms with van der Waals surface area (Å²) in [5, 5.41) is 6.68. The van der Waals surface area contributed by atoms with Gasteiger partial charge in [0.25, 0.3) is 0 Å². The van der Waals surface area contributed by atoms with Crippen LogP contribution >= 0.6 is 0 Å². The van der Waals surface area contributed by atoms with Crippen LogP contribution in [0.1, 0.15) is 58.3 Å². The fourth-order valence-electron chi connectivity index (χ4n) is 3.26. The van der Waals surface area contributed by atoms with Crippen molar-refractivity contribution in [2.24, 2.45) is 5.92 Å². The SMILES string of the molecule is CCC1CCCC(NC2CCCNC(=O)C2)C1. The minimum absolute atomic E-state index is 0.225. The van der Waals surface area contributed by atoms with Crippen LogP contribution in [0.5, 0.6) is 0 Å². The van der Waals surface area contributed by atoms with E-state index in [1.54, 1.807) is 0 Å². The summed E-state index contributed by atoms with van der Waals surface area (Å²) in [4.78, 5) is 11.5. The van der Waals surface area contributed by atoms with Gasteiger partial charge >= 0.3 is 0 Å². The van der Waals surface area contributed by atoms with Gasteiger partial charge < -0.3 is 10.6 Å². The molecule has 2 N–H and O–H groups in total. The minimum Gasteiger partial charge on any atom is -0.356 e. The lowest BCUT2D eigenvalue weighted by atomic mass is 9.83. The van der Waals surface area contributed by atoms with Crippen LogP contribution in [0.2, 0.25) is 0 Å². The van der Waals surface area contributed by atoms with E-state index in [0.29, 0.717) is 18.5 Å². The summed E-state index contributed by atoms with van der Waals surface area (Å²) >= 11 is 0. The van der Waals surface area contributed by atoms with Crippen LogP contribution in [-0.4, -0.2) is 24.5 Å². The number of carbonyl (C=O) groups is 1. The molecule has 3 heteroatoms. The minimum atomic E-state index is 0.225. The van der Waals surface area contributed by atoms with E-state index in [-0.39, 0.29) is 5.91 Å². The third kappa shape index (κ3) is 3.98. The summed E-state index contributed by atoms with van der Waals surface area (Å²) < 4.78 is 0. The lowest BCUT2D eigenvalue weighted by Gasteiger charge is -2.32. The van der Waals surface area contributed by atoms with Crippen molar-refractivity contribution in [3.63, 3.8) is 0 Å². The van der Waals surface area contributed by atoms with Gasteiger partial charge in [-0.1, -0.05) is 26.2 Å². The van der Waals surface area contributed by atoms with E-state index in [2.05, 4.69) is 17.6 Å². The highest BCUT2D eigenvalue weighted by molar-refractivity contribution is 5.76. The second kappa shape index (κ2) is 6.39. The second-order valence-corrected chi connectivity index (χ2v) is 5.70. The van der Waals surface area contributed by atoms with Crippen molar-refractivity contribution in [1.29, 1.82) is 0 Å². The van der Waals surface area contributed by atoms with E-state index in [9.17, 15) is 4.79 Å². The van der Waals surface area contributed by atoms with E-state index in [1.165, 1.54) is 32.1 Å². The van der Waals surface area contributed by atoms with E-state index in [1.807, 2.05) is 0 Å². The summed E-state index contributed by atoms with van der Waals surface area (Å²) in [7, 11) is 0. The van der Waals surface area contributed by atoms with Crippen LogP contribution in [0.3, 0.4) is 0 Å². The smallest absolute Gasteiger partial charge is 0.221 e. The standard InChI is InChI=1S/C14H26N2O/c1-2-11-5-3-6-12(9-11)16-13-7-4-8-15-14(17)10-13/h11-13,16H,2-10H2,1H3,(H,15,17). The fraction of sp³-hybridized carbons (Fsp3) is 0.929. The molecule has 17 heavy (non-hydrogen) atoms. The molecule has 3 atom stereocenters. The van der Waals surface area contributed by atoms with E-state index in [4.69, 9.17) is 0 Å². The molecule has 1 saturated carbocycles. The molecule has 2 rings (SSSR count).